The van der Waals surface area contributed by atoms with Gasteiger partial charge in [-0.25, -0.2) is 0 Å². The minimum absolute atomic E-state index is 0.0604. The number of aliphatic carboxylic acids is 1. The normalized spacial score (nSPS) is 18.8. The molecule has 92 valence electrons. The van der Waals surface area contributed by atoms with Crippen LogP contribution in [0.3, 0.4) is 0 Å². The van der Waals surface area contributed by atoms with Gasteiger partial charge in [-0.3, -0.25) is 4.79 Å². The Bertz CT molecular complexity index is 369. The molecule has 0 unspecified atom stereocenters. The first-order valence-electron chi connectivity index (χ1n) is 6.21. The molecule has 3 nitrogen and oxygen atoms in total. The van der Waals surface area contributed by atoms with Gasteiger partial charge in [-0.05, 0) is 43.3 Å². The lowest BCUT2D eigenvalue weighted by Gasteiger charge is -2.38. The maximum absolute atomic E-state index is 10.8. The number of piperidine rings is 1. The fourth-order valence-corrected chi connectivity index (χ4v) is 2.73. The first-order chi connectivity index (χ1) is 8.23. The molecule has 1 saturated heterocycles. The van der Waals surface area contributed by atoms with Crippen molar-refractivity contribution in [3.05, 3.63) is 35.9 Å². The fraction of sp³-hybridized carbons (Fsp3) is 0.500. The van der Waals surface area contributed by atoms with Gasteiger partial charge in [0.2, 0.25) is 0 Å². The van der Waals surface area contributed by atoms with Crippen molar-refractivity contribution in [3.63, 3.8) is 0 Å². The van der Waals surface area contributed by atoms with Crippen LogP contribution in [0.15, 0.2) is 30.3 Å². The van der Waals surface area contributed by atoms with Crippen LogP contribution in [0.2, 0.25) is 0 Å². The molecule has 3 heteroatoms. The van der Waals surface area contributed by atoms with Crippen molar-refractivity contribution >= 4 is 5.97 Å². The molecule has 0 amide bonds. The molecule has 2 rings (SSSR count). The third-order valence-electron chi connectivity index (χ3n) is 3.76. The zero-order chi connectivity index (χ0) is 12.1. The van der Waals surface area contributed by atoms with Crippen LogP contribution in [-0.4, -0.2) is 24.2 Å². The number of benzene rings is 1. The van der Waals surface area contributed by atoms with Crippen LogP contribution in [0.4, 0.5) is 0 Å². The van der Waals surface area contributed by atoms with Crippen LogP contribution in [0.25, 0.3) is 0 Å². The van der Waals surface area contributed by atoms with Gasteiger partial charge in [0.1, 0.15) is 0 Å². The molecule has 17 heavy (non-hydrogen) atoms. The van der Waals surface area contributed by atoms with Crippen molar-refractivity contribution in [2.24, 2.45) is 0 Å². The van der Waals surface area contributed by atoms with Gasteiger partial charge in [-0.1, -0.05) is 30.3 Å². The summed E-state index contributed by atoms with van der Waals surface area (Å²) in [6.07, 6.45) is 3.07. The van der Waals surface area contributed by atoms with E-state index >= 15 is 0 Å². The maximum atomic E-state index is 10.8. The van der Waals surface area contributed by atoms with Crippen LogP contribution in [-0.2, 0) is 10.2 Å². The SMILES string of the molecule is O=C(O)CCC1(c2ccccc2)CCNCC1. The summed E-state index contributed by atoms with van der Waals surface area (Å²) in [6, 6.07) is 10.4. The highest BCUT2D eigenvalue weighted by atomic mass is 16.4. The zero-order valence-electron chi connectivity index (χ0n) is 9.98. The minimum atomic E-state index is -0.696. The Balaban J connectivity index is 2.20. The highest BCUT2D eigenvalue weighted by Gasteiger charge is 2.33. The summed E-state index contributed by atoms with van der Waals surface area (Å²) in [4.78, 5) is 10.8. The molecule has 2 N–H and O–H groups in total. The number of nitrogens with one attached hydrogen (secondary N) is 1. The van der Waals surface area contributed by atoms with Crippen molar-refractivity contribution in [1.29, 1.82) is 0 Å². The monoisotopic (exact) mass is 233 g/mol. The quantitative estimate of drug-likeness (QED) is 0.838. The molecular weight excluding hydrogens is 214 g/mol. The number of hydrogen-bond acceptors (Lipinski definition) is 2. The molecule has 0 bridgehead atoms. The highest BCUT2D eigenvalue weighted by molar-refractivity contribution is 5.66. The Morgan fingerprint density at radius 2 is 1.88 bits per heavy atom. The summed E-state index contributed by atoms with van der Waals surface area (Å²) >= 11 is 0. The summed E-state index contributed by atoms with van der Waals surface area (Å²) in [6.45, 7) is 1.96. The van der Waals surface area contributed by atoms with Crippen LogP contribution >= 0.6 is 0 Å². The van der Waals surface area contributed by atoms with E-state index in [4.69, 9.17) is 5.11 Å². The third-order valence-corrected chi connectivity index (χ3v) is 3.76. The van der Waals surface area contributed by atoms with Crippen molar-refractivity contribution < 1.29 is 9.90 Å². The van der Waals surface area contributed by atoms with E-state index in [9.17, 15) is 4.79 Å². The second-order valence-corrected chi connectivity index (χ2v) is 4.79. The van der Waals surface area contributed by atoms with Gasteiger partial charge in [0.25, 0.3) is 0 Å². The number of hydrogen-bond donors (Lipinski definition) is 2. The molecular formula is C14H19NO2. The van der Waals surface area contributed by atoms with Gasteiger partial charge in [0, 0.05) is 6.42 Å². The zero-order valence-corrected chi connectivity index (χ0v) is 9.98. The molecule has 1 aliphatic heterocycles. The van der Waals surface area contributed by atoms with Gasteiger partial charge in [0.15, 0.2) is 0 Å². The van der Waals surface area contributed by atoms with Gasteiger partial charge in [0.05, 0.1) is 0 Å². The van der Waals surface area contributed by atoms with E-state index in [1.807, 2.05) is 18.2 Å². The maximum Gasteiger partial charge on any atom is 0.303 e. The van der Waals surface area contributed by atoms with E-state index in [1.54, 1.807) is 0 Å². The summed E-state index contributed by atoms with van der Waals surface area (Å²) in [5.74, 6) is -0.696. The Labute approximate surface area is 102 Å². The standard InChI is InChI=1S/C14H19NO2/c16-13(17)6-7-14(8-10-15-11-9-14)12-4-2-1-3-5-12/h1-5,15H,6-11H2,(H,16,17). The second-order valence-electron chi connectivity index (χ2n) is 4.79. The van der Waals surface area contributed by atoms with Gasteiger partial charge >= 0.3 is 5.97 Å². The first-order valence-corrected chi connectivity index (χ1v) is 6.21. The second kappa shape index (κ2) is 5.32. The lowest BCUT2D eigenvalue weighted by Crippen LogP contribution is -2.40. The molecule has 0 radical (unpaired) electrons. The largest absolute Gasteiger partial charge is 0.481 e. The first kappa shape index (κ1) is 12.1. The molecule has 0 spiro atoms. The lowest BCUT2D eigenvalue weighted by atomic mass is 9.70. The summed E-state index contributed by atoms with van der Waals surface area (Å²) in [5.41, 5.74) is 1.35. The van der Waals surface area contributed by atoms with Crippen LogP contribution in [0, 0.1) is 0 Å². The van der Waals surface area contributed by atoms with Crippen LogP contribution in [0.5, 0.6) is 0 Å². The molecule has 1 heterocycles. The molecule has 0 atom stereocenters. The van der Waals surface area contributed by atoms with E-state index in [1.165, 1.54) is 5.56 Å². The molecule has 1 aliphatic rings. The van der Waals surface area contributed by atoms with Gasteiger partial charge < -0.3 is 10.4 Å². The van der Waals surface area contributed by atoms with Crippen molar-refractivity contribution in [2.75, 3.05) is 13.1 Å². The van der Waals surface area contributed by atoms with Crippen molar-refractivity contribution in [1.82, 2.24) is 5.32 Å². The Kier molecular flexibility index (Phi) is 3.79. The predicted molar refractivity (Wildman–Crippen MR) is 67.1 cm³/mol. The van der Waals surface area contributed by atoms with E-state index < -0.39 is 5.97 Å². The molecule has 0 aliphatic carbocycles. The van der Waals surface area contributed by atoms with E-state index in [0.29, 0.717) is 0 Å². The smallest absolute Gasteiger partial charge is 0.303 e. The van der Waals surface area contributed by atoms with Crippen LogP contribution < -0.4 is 5.32 Å². The lowest BCUT2D eigenvalue weighted by molar-refractivity contribution is -0.137. The average molecular weight is 233 g/mol. The average Bonchev–Trinajstić information content (AvgIpc) is 2.39. The molecule has 0 aromatic heterocycles. The molecule has 0 saturated carbocycles. The third kappa shape index (κ3) is 2.86. The molecule has 1 fully saturated rings. The Hall–Kier alpha value is -1.35. The number of carbonyl (C=O) groups is 1. The van der Waals surface area contributed by atoms with Crippen LogP contribution in [0.1, 0.15) is 31.2 Å². The predicted octanol–water partition coefficient (Wildman–Crippen LogP) is 2.17. The van der Waals surface area contributed by atoms with E-state index in [-0.39, 0.29) is 11.8 Å². The van der Waals surface area contributed by atoms with Crippen molar-refractivity contribution in [3.8, 4) is 0 Å². The highest BCUT2D eigenvalue weighted by Crippen LogP contribution is 2.37. The van der Waals surface area contributed by atoms with E-state index in [2.05, 4.69) is 17.4 Å². The fourth-order valence-electron chi connectivity index (χ4n) is 2.73. The van der Waals surface area contributed by atoms with Gasteiger partial charge in [-0.2, -0.15) is 0 Å². The number of rotatable bonds is 4. The summed E-state index contributed by atoms with van der Waals surface area (Å²) < 4.78 is 0. The Morgan fingerprint density at radius 3 is 2.47 bits per heavy atom. The molecule has 1 aromatic rings. The van der Waals surface area contributed by atoms with E-state index in [0.717, 1.165) is 32.4 Å². The summed E-state index contributed by atoms with van der Waals surface area (Å²) in [7, 11) is 0. The topological polar surface area (TPSA) is 49.3 Å². The van der Waals surface area contributed by atoms with Crippen molar-refractivity contribution in [2.45, 2.75) is 31.1 Å². The Morgan fingerprint density at radius 1 is 1.24 bits per heavy atom. The van der Waals surface area contributed by atoms with Gasteiger partial charge in [-0.15, -0.1) is 0 Å². The number of carboxylic acids is 1. The number of carboxylic acid groups (broad SMARTS) is 1. The summed E-state index contributed by atoms with van der Waals surface area (Å²) in [5, 5.41) is 12.2. The minimum Gasteiger partial charge on any atom is -0.481 e. The molecule has 1 aromatic carbocycles.